The van der Waals surface area contributed by atoms with Crippen LogP contribution in [0.15, 0.2) is 24.7 Å². The second kappa shape index (κ2) is 4.20. The molecule has 2 N–H and O–H groups in total. The third kappa shape index (κ3) is 2.39. The molecular formula is C10H12N5O2+. The molecule has 2 aromatic rings. The summed E-state index contributed by atoms with van der Waals surface area (Å²) in [6.07, 6.45) is 2.97. The zero-order chi connectivity index (χ0) is 12.4. The van der Waals surface area contributed by atoms with Gasteiger partial charge in [0, 0.05) is 13.0 Å². The molecule has 0 saturated heterocycles. The van der Waals surface area contributed by atoms with Crippen molar-refractivity contribution < 1.29 is 14.7 Å². The zero-order valence-electron chi connectivity index (χ0n) is 9.45. The van der Waals surface area contributed by atoms with Gasteiger partial charge < -0.3 is 5.21 Å². The van der Waals surface area contributed by atoms with Gasteiger partial charge in [0.2, 0.25) is 0 Å². The quantitative estimate of drug-likeness (QED) is 0.568. The summed E-state index contributed by atoms with van der Waals surface area (Å²) in [4.78, 5) is 14.8. The molecule has 0 bridgehead atoms. The van der Waals surface area contributed by atoms with Gasteiger partial charge in [-0.25, -0.2) is 19.8 Å². The second-order valence-electron chi connectivity index (χ2n) is 3.53. The summed E-state index contributed by atoms with van der Waals surface area (Å²) < 4.78 is 2.35. The number of pyridine rings is 1. The molecule has 0 radical (unpaired) electrons. The molecule has 2 rings (SSSR count). The Labute approximate surface area is 97.3 Å². The highest BCUT2D eigenvalue weighted by atomic mass is 16.5. The van der Waals surface area contributed by atoms with E-state index in [-0.39, 0.29) is 11.7 Å². The predicted octanol–water partition coefficient (Wildman–Crippen LogP) is 0.0589. The molecule has 17 heavy (non-hydrogen) atoms. The first kappa shape index (κ1) is 11.1. The molecule has 1 amide bonds. The molecule has 2 heterocycles. The first-order valence-electron chi connectivity index (χ1n) is 4.97. The predicted molar refractivity (Wildman–Crippen MR) is 57.8 cm³/mol. The zero-order valence-corrected chi connectivity index (χ0v) is 9.45. The minimum Gasteiger partial charge on any atom is -0.350 e. The Bertz CT molecular complexity index is 564. The lowest BCUT2D eigenvalue weighted by molar-refractivity contribution is -0.893. The van der Waals surface area contributed by atoms with Gasteiger partial charge in [-0.05, 0) is 17.7 Å². The fourth-order valence-corrected chi connectivity index (χ4v) is 1.36. The number of amides is 1. The van der Waals surface area contributed by atoms with Gasteiger partial charge in [0.05, 0.1) is 0 Å². The number of rotatable bonds is 2. The molecule has 0 fully saturated rings. The van der Waals surface area contributed by atoms with E-state index in [2.05, 4.69) is 15.4 Å². The fourth-order valence-electron chi connectivity index (χ4n) is 1.36. The Kier molecular flexibility index (Phi) is 2.73. The van der Waals surface area contributed by atoms with Gasteiger partial charge in [0.1, 0.15) is 17.8 Å². The summed E-state index contributed by atoms with van der Waals surface area (Å²) in [5.74, 6) is 0.677. The summed E-state index contributed by atoms with van der Waals surface area (Å²) in [6, 6.07) is 3.29. The number of hydrogen-bond acceptors (Lipinski definition) is 4. The van der Waals surface area contributed by atoms with Crippen molar-refractivity contribution in [2.45, 2.75) is 13.8 Å². The normalized spacial score (nSPS) is 10.2. The first-order valence-corrected chi connectivity index (χ1v) is 4.97. The van der Waals surface area contributed by atoms with E-state index >= 15 is 0 Å². The van der Waals surface area contributed by atoms with E-state index < -0.39 is 0 Å². The van der Waals surface area contributed by atoms with Gasteiger partial charge in [-0.15, -0.1) is 0 Å². The Morgan fingerprint density at radius 2 is 2.29 bits per heavy atom. The first-order chi connectivity index (χ1) is 8.06. The summed E-state index contributed by atoms with van der Waals surface area (Å²) >= 11 is 0. The van der Waals surface area contributed by atoms with Gasteiger partial charge in [-0.2, -0.15) is 5.10 Å². The number of aryl methyl sites for hydroxylation is 1. The number of hydrogen-bond donors (Lipinski definition) is 2. The van der Waals surface area contributed by atoms with Crippen LogP contribution in [-0.2, 0) is 4.79 Å². The van der Waals surface area contributed by atoms with Gasteiger partial charge in [0.25, 0.3) is 0 Å². The Morgan fingerprint density at radius 1 is 1.53 bits per heavy atom. The molecule has 0 atom stereocenters. The van der Waals surface area contributed by atoms with Crippen LogP contribution in [0.4, 0.5) is 5.82 Å². The monoisotopic (exact) mass is 234 g/mol. The average molecular weight is 234 g/mol. The van der Waals surface area contributed by atoms with E-state index in [0.29, 0.717) is 11.5 Å². The maximum Gasteiger partial charge on any atom is 0.321 e. The van der Waals surface area contributed by atoms with E-state index in [0.717, 1.165) is 4.73 Å². The van der Waals surface area contributed by atoms with Crippen molar-refractivity contribution in [1.29, 1.82) is 0 Å². The van der Waals surface area contributed by atoms with E-state index in [4.69, 9.17) is 0 Å². The fraction of sp³-hybridized carbons (Fsp3) is 0.200. The standard InChI is InChI=1S/C10H11N5O2/c1-7-11-6-14(13-7)9-3-4-10(12-8(2)16)15(17)5-9/h3-6,17H,1-2H3/p+1. The Morgan fingerprint density at radius 3 is 2.82 bits per heavy atom. The molecule has 0 aliphatic heterocycles. The molecule has 0 aliphatic carbocycles. The number of aromatic nitrogens is 4. The summed E-state index contributed by atoms with van der Waals surface area (Å²) in [7, 11) is 0. The molecular weight excluding hydrogens is 222 g/mol. The van der Waals surface area contributed by atoms with Gasteiger partial charge >= 0.3 is 11.7 Å². The Hall–Kier alpha value is -2.44. The van der Waals surface area contributed by atoms with Crippen LogP contribution in [0.1, 0.15) is 12.7 Å². The van der Waals surface area contributed by atoms with Gasteiger partial charge in [-0.1, -0.05) is 0 Å². The average Bonchev–Trinajstić information content (AvgIpc) is 2.67. The van der Waals surface area contributed by atoms with Crippen molar-refractivity contribution in [3.05, 3.63) is 30.5 Å². The van der Waals surface area contributed by atoms with Crippen LogP contribution in [0.25, 0.3) is 5.69 Å². The van der Waals surface area contributed by atoms with Crippen molar-refractivity contribution in [2.75, 3.05) is 5.32 Å². The molecule has 0 saturated carbocycles. The van der Waals surface area contributed by atoms with Crippen molar-refractivity contribution in [3.63, 3.8) is 0 Å². The van der Waals surface area contributed by atoms with E-state index in [9.17, 15) is 10.0 Å². The number of carbonyl (C=O) groups excluding carboxylic acids is 1. The smallest absolute Gasteiger partial charge is 0.321 e. The summed E-state index contributed by atoms with van der Waals surface area (Å²) in [6.45, 7) is 3.14. The highest BCUT2D eigenvalue weighted by Gasteiger charge is 2.12. The lowest BCUT2D eigenvalue weighted by Gasteiger charge is -2.01. The number of nitrogens with zero attached hydrogens (tertiary/aromatic N) is 4. The van der Waals surface area contributed by atoms with Crippen LogP contribution in [0.5, 0.6) is 0 Å². The number of carbonyl (C=O) groups is 1. The lowest BCUT2D eigenvalue weighted by atomic mass is 10.4. The molecule has 0 unspecified atom stereocenters. The van der Waals surface area contributed by atoms with Crippen molar-refractivity contribution in [2.24, 2.45) is 0 Å². The van der Waals surface area contributed by atoms with Crippen molar-refractivity contribution in [3.8, 4) is 5.69 Å². The highest BCUT2D eigenvalue weighted by molar-refractivity contribution is 5.86. The van der Waals surface area contributed by atoms with Crippen LogP contribution < -0.4 is 10.0 Å². The third-order valence-electron chi connectivity index (χ3n) is 2.09. The minimum absolute atomic E-state index is 0.253. The van der Waals surface area contributed by atoms with Crippen molar-refractivity contribution >= 4 is 11.7 Å². The van der Waals surface area contributed by atoms with Crippen molar-refractivity contribution in [1.82, 2.24) is 14.8 Å². The molecule has 7 heteroatoms. The molecule has 7 nitrogen and oxygen atoms in total. The third-order valence-corrected chi connectivity index (χ3v) is 2.09. The maximum absolute atomic E-state index is 10.9. The summed E-state index contributed by atoms with van der Waals surface area (Å²) in [5.41, 5.74) is 0.641. The Balaban J connectivity index is 2.33. The van der Waals surface area contributed by atoms with Gasteiger partial charge in [0.15, 0.2) is 6.20 Å². The van der Waals surface area contributed by atoms with Gasteiger partial charge in [-0.3, -0.25) is 0 Å². The van der Waals surface area contributed by atoms with Crippen LogP contribution in [0.3, 0.4) is 0 Å². The molecule has 0 aliphatic rings. The van der Waals surface area contributed by atoms with E-state index in [1.807, 2.05) is 0 Å². The van der Waals surface area contributed by atoms with Crippen LogP contribution in [0, 0.1) is 6.92 Å². The van der Waals surface area contributed by atoms with E-state index in [1.165, 1.54) is 17.8 Å². The number of anilines is 1. The van der Waals surface area contributed by atoms with E-state index in [1.54, 1.807) is 25.4 Å². The lowest BCUT2D eigenvalue weighted by Crippen LogP contribution is -2.35. The van der Waals surface area contributed by atoms with Crippen LogP contribution >= 0.6 is 0 Å². The SMILES string of the molecule is CC(=O)Nc1ccc(-n2cnc(C)n2)c[n+]1O. The molecule has 0 aromatic carbocycles. The topological polar surface area (TPSA) is 83.9 Å². The molecule has 88 valence electrons. The minimum atomic E-state index is -0.253. The summed E-state index contributed by atoms with van der Waals surface area (Å²) in [5, 5.41) is 16.2. The second-order valence-corrected chi connectivity index (χ2v) is 3.53. The largest absolute Gasteiger partial charge is 0.350 e. The highest BCUT2D eigenvalue weighted by Crippen LogP contribution is 2.06. The molecule has 0 spiro atoms. The van der Waals surface area contributed by atoms with Crippen LogP contribution in [0.2, 0.25) is 0 Å². The molecule has 2 aromatic heterocycles. The maximum atomic E-state index is 10.9. The van der Waals surface area contributed by atoms with Crippen LogP contribution in [-0.4, -0.2) is 25.9 Å². The number of nitrogens with one attached hydrogen (secondary N) is 1.